The predicted octanol–water partition coefficient (Wildman–Crippen LogP) is 2.47. The number of carbonyl (C=O) groups is 3. The number of ketones is 1. The molecule has 120 valence electrons. The molecule has 0 fully saturated rings. The molecule has 1 aromatic carbocycles. The Morgan fingerprint density at radius 3 is 2.30 bits per heavy atom. The standard InChI is InChI=1S/C17H18N2O4/c1-12(20)14-5-7-15(8-6-14)18-17(22)11-19(13(2)21)10-16-4-3-9-23-16/h3-9H,10-11H2,1-2H3,(H,18,22). The van der Waals surface area contributed by atoms with Crippen LogP contribution in [0.5, 0.6) is 0 Å². The summed E-state index contributed by atoms with van der Waals surface area (Å²) >= 11 is 0. The van der Waals surface area contributed by atoms with Crippen molar-refractivity contribution in [2.24, 2.45) is 0 Å². The molecule has 0 saturated heterocycles. The zero-order valence-electron chi connectivity index (χ0n) is 13.0. The zero-order valence-corrected chi connectivity index (χ0v) is 13.0. The van der Waals surface area contributed by atoms with E-state index >= 15 is 0 Å². The molecule has 0 saturated carbocycles. The Balaban J connectivity index is 1.96. The van der Waals surface area contributed by atoms with Crippen molar-refractivity contribution in [3.05, 3.63) is 54.0 Å². The minimum atomic E-state index is -0.317. The fraction of sp³-hybridized carbons (Fsp3) is 0.235. The topological polar surface area (TPSA) is 79.6 Å². The summed E-state index contributed by atoms with van der Waals surface area (Å²) < 4.78 is 5.19. The highest BCUT2D eigenvalue weighted by Gasteiger charge is 2.15. The maximum atomic E-state index is 12.1. The van der Waals surface area contributed by atoms with Crippen LogP contribution in [0.15, 0.2) is 47.1 Å². The molecule has 1 heterocycles. The highest BCUT2D eigenvalue weighted by Crippen LogP contribution is 2.11. The fourth-order valence-corrected chi connectivity index (χ4v) is 2.03. The predicted molar refractivity (Wildman–Crippen MR) is 84.9 cm³/mol. The van der Waals surface area contributed by atoms with Crippen molar-refractivity contribution in [2.45, 2.75) is 20.4 Å². The maximum Gasteiger partial charge on any atom is 0.244 e. The number of amides is 2. The lowest BCUT2D eigenvalue weighted by Crippen LogP contribution is -2.36. The highest BCUT2D eigenvalue weighted by molar-refractivity contribution is 5.96. The molecule has 0 radical (unpaired) electrons. The van der Waals surface area contributed by atoms with E-state index in [0.29, 0.717) is 17.0 Å². The maximum absolute atomic E-state index is 12.1. The van der Waals surface area contributed by atoms with E-state index in [9.17, 15) is 14.4 Å². The van der Waals surface area contributed by atoms with Gasteiger partial charge in [-0.25, -0.2) is 0 Å². The van der Waals surface area contributed by atoms with Gasteiger partial charge in [0, 0.05) is 18.2 Å². The van der Waals surface area contributed by atoms with E-state index in [0.717, 1.165) is 0 Å². The molecule has 0 atom stereocenters. The summed E-state index contributed by atoms with van der Waals surface area (Å²) in [6.45, 7) is 3.04. The van der Waals surface area contributed by atoms with Crippen molar-refractivity contribution in [2.75, 3.05) is 11.9 Å². The molecule has 2 aromatic rings. The van der Waals surface area contributed by atoms with E-state index in [1.807, 2.05) is 0 Å². The van der Waals surface area contributed by atoms with E-state index in [-0.39, 0.29) is 30.7 Å². The molecule has 6 heteroatoms. The molecule has 6 nitrogen and oxygen atoms in total. The number of hydrogen-bond donors (Lipinski definition) is 1. The van der Waals surface area contributed by atoms with Crippen LogP contribution in [-0.2, 0) is 16.1 Å². The molecule has 0 spiro atoms. The summed E-state index contributed by atoms with van der Waals surface area (Å²) in [7, 11) is 0. The second kappa shape index (κ2) is 7.40. The molecule has 2 amide bonds. The number of nitrogens with zero attached hydrogens (tertiary/aromatic N) is 1. The van der Waals surface area contributed by atoms with Crippen LogP contribution in [0.25, 0.3) is 0 Å². The molecule has 23 heavy (non-hydrogen) atoms. The minimum absolute atomic E-state index is 0.0379. The van der Waals surface area contributed by atoms with Gasteiger partial charge in [-0.05, 0) is 43.3 Å². The summed E-state index contributed by atoms with van der Waals surface area (Å²) in [4.78, 5) is 36.3. The van der Waals surface area contributed by atoms with Crippen LogP contribution in [0.3, 0.4) is 0 Å². The summed E-state index contributed by atoms with van der Waals surface area (Å²) in [5.74, 6) is 0.0358. The summed E-state index contributed by atoms with van der Waals surface area (Å²) in [6, 6.07) is 10.1. The zero-order chi connectivity index (χ0) is 16.8. The Morgan fingerprint density at radius 1 is 1.09 bits per heavy atom. The number of benzene rings is 1. The van der Waals surface area contributed by atoms with Crippen LogP contribution < -0.4 is 5.32 Å². The first-order chi connectivity index (χ1) is 11.0. The van der Waals surface area contributed by atoms with Gasteiger partial charge >= 0.3 is 0 Å². The van der Waals surface area contributed by atoms with Crippen molar-refractivity contribution in [3.8, 4) is 0 Å². The van der Waals surface area contributed by atoms with Crippen molar-refractivity contribution in [1.29, 1.82) is 0 Å². The average Bonchev–Trinajstić information content (AvgIpc) is 3.00. The van der Waals surface area contributed by atoms with Crippen LogP contribution in [0.4, 0.5) is 5.69 Å². The van der Waals surface area contributed by atoms with Gasteiger partial charge in [-0.1, -0.05) is 0 Å². The first-order valence-corrected chi connectivity index (χ1v) is 7.14. The van der Waals surface area contributed by atoms with Gasteiger partial charge in [0.15, 0.2) is 5.78 Å². The number of Topliss-reactive ketones (excluding diaryl/α,β-unsaturated/α-hetero) is 1. The normalized spacial score (nSPS) is 10.2. The van der Waals surface area contributed by atoms with Crippen LogP contribution in [-0.4, -0.2) is 29.0 Å². The van der Waals surface area contributed by atoms with Gasteiger partial charge in [-0.3, -0.25) is 14.4 Å². The third-order valence-electron chi connectivity index (χ3n) is 3.28. The molecular weight excluding hydrogens is 296 g/mol. The number of carbonyl (C=O) groups excluding carboxylic acids is 3. The third-order valence-corrected chi connectivity index (χ3v) is 3.28. The lowest BCUT2D eigenvalue weighted by molar-refractivity contribution is -0.133. The van der Waals surface area contributed by atoms with Crippen molar-refractivity contribution < 1.29 is 18.8 Å². The van der Waals surface area contributed by atoms with E-state index < -0.39 is 0 Å². The fourth-order valence-electron chi connectivity index (χ4n) is 2.03. The van der Waals surface area contributed by atoms with E-state index in [4.69, 9.17) is 4.42 Å². The monoisotopic (exact) mass is 314 g/mol. The largest absolute Gasteiger partial charge is 0.467 e. The number of anilines is 1. The Kier molecular flexibility index (Phi) is 5.30. The quantitative estimate of drug-likeness (QED) is 0.831. The average molecular weight is 314 g/mol. The Bertz CT molecular complexity index is 690. The summed E-state index contributed by atoms with van der Waals surface area (Å²) in [6.07, 6.45) is 1.52. The first kappa shape index (κ1) is 16.5. The SMILES string of the molecule is CC(=O)c1ccc(NC(=O)CN(Cc2ccco2)C(C)=O)cc1. The molecule has 0 aliphatic carbocycles. The lowest BCUT2D eigenvalue weighted by Gasteiger charge is -2.19. The summed E-state index contributed by atoms with van der Waals surface area (Å²) in [5, 5.41) is 2.70. The molecular formula is C17H18N2O4. The number of rotatable bonds is 6. The van der Waals surface area contributed by atoms with Crippen molar-refractivity contribution in [3.63, 3.8) is 0 Å². The van der Waals surface area contributed by atoms with Crippen LogP contribution in [0.1, 0.15) is 30.0 Å². The minimum Gasteiger partial charge on any atom is -0.467 e. The molecule has 0 bridgehead atoms. The molecule has 0 aliphatic rings. The molecule has 0 unspecified atom stereocenters. The van der Waals surface area contributed by atoms with Crippen molar-refractivity contribution in [1.82, 2.24) is 4.90 Å². The van der Waals surface area contributed by atoms with Crippen LogP contribution >= 0.6 is 0 Å². The molecule has 1 aromatic heterocycles. The van der Waals surface area contributed by atoms with Crippen molar-refractivity contribution >= 4 is 23.3 Å². The van der Waals surface area contributed by atoms with Crippen LogP contribution in [0, 0.1) is 0 Å². The van der Waals surface area contributed by atoms with Gasteiger partial charge in [-0.2, -0.15) is 0 Å². The second-order valence-electron chi connectivity index (χ2n) is 5.14. The van der Waals surface area contributed by atoms with E-state index in [2.05, 4.69) is 5.32 Å². The smallest absolute Gasteiger partial charge is 0.244 e. The van der Waals surface area contributed by atoms with E-state index in [1.165, 1.54) is 25.0 Å². The third kappa shape index (κ3) is 4.81. The first-order valence-electron chi connectivity index (χ1n) is 7.14. The molecule has 2 rings (SSSR count). The second-order valence-corrected chi connectivity index (χ2v) is 5.14. The number of furan rings is 1. The Labute approximate surface area is 134 Å². The molecule has 1 N–H and O–H groups in total. The lowest BCUT2D eigenvalue weighted by atomic mass is 10.1. The Morgan fingerprint density at radius 2 is 1.78 bits per heavy atom. The molecule has 0 aliphatic heterocycles. The highest BCUT2D eigenvalue weighted by atomic mass is 16.3. The van der Waals surface area contributed by atoms with Gasteiger partial charge in [0.25, 0.3) is 0 Å². The Hall–Kier alpha value is -2.89. The van der Waals surface area contributed by atoms with E-state index in [1.54, 1.807) is 36.4 Å². The van der Waals surface area contributed by atoms with Gasteiger partial charge in [0.2, 0.25) is 11.8 Å². The summed E-state index contributed by atoms with van der Waals surface area (Å²) in [5.41, 5.74) is 1.15. The van der Waals surface area contributed by atoms with Gasteiger partial charge in [0.1, 0.15) is 12.3 Å². The van der Waals surface area contributed by atoms with Gasteiger partial charge < -0.3 is 14.6 Å². The van der Waals surface area contributed by atoms with Gasteiger partial charge in [0.05, 0.1) is 12.8 Å². The van der Waals surface area contributed by atoms with Crippen LogP contribution in [0.2, 0.25) is 0 Å². The van der Waals surface area contributed by atoms with Gasteiger partial charge in [-0.15, -0.1) is 0 Å². The number of hydrogen-bond acceptors (Lipinski definition) is 4. The number of nitrogens with one attached hydrogen (secondary N) is 1.